The molecule has 5 aromatic heterocycles. The predicted octanol–water partition coefficient (Wildman–Crippen LogP) is 9.65. The molecule has 0 spiro atoms. The molecule has 9 heteroatoms. The summed E-state index contributed by atoms with van der Waals surface area (Å²) >= 11 is 0. The molecule has 11 rings (SSSR count). The number of hydrogen-bond donors (Lipinski definition) is 0. The summed E-state index contributed by atoms with van der Waals surface area (Å²) in [5.41, 5.74) is 13.7. The van der Waals surface area contributed by atoms with Crippen LogP contribution in [0, 0.1) is 24.5 Å². The van der Waals surface area contributed by atoms with Crippen molar-refractivity contribution in [2.45, 2.75) is 6.42 Å². The van der Waals surface area contributed by atoms with Crippen molar-refractivity contribution in [3.63, 3.8) is 0 Å². The van der Waals surface area contributed by atoms with Gasteiger partial charge in [-0.25, -0.2) is 4.98 Å². The van der Waals surface area contributed by atoms with Crippen molar-refractivity contribution < 1.29 is 24.7 Å². The van der Waals surface area contributed by atoms with Gasteiger partial charge in [0, 0.05) is 63.3 Å². The summed E-state index contributed by atoms with van der Waals surface area (Å²) in [6, 6.07) is 61.4. The normalized spacial score (nSPS) is 11.1. The second-order valence-corrected chi connectivity index (χ2v) is 14.3. The third-order valence-corrected chi connectivity index (χ3v) is 10.5. The van der Waals surface area contributed by atoms with Gasteiger partial charge in [-0.15, -0.1) is 65.7 Å². The molecule has 60 heavy (non-hydrogen) atoms. The van der Waals surface area contributed by atoms with Crippen LogP contribution in [-0.2, 0) is 40.6 Å². The van der Waals surface area contributed by atoms with Crippen molar-refractivity contribution in [3.05, 3.63) is 212 Å². The van der Waals surface area contributed by atoms with Crippen LogP contribution in [0.1, 0.15) is 11.3 Å². The molecule has 0 atom stereocenters. The Morgan fingerprint density at radius 3 is 2.27 bits per heavy atom. The van der Waals surface area contributed by atoms with Crippen LogP contribution in [0.15, 0.2) is 176 Å². The second-order valence-electron chi connectivity index (χ2n) is 14.3. The quantitative estimate of drug-likeness (QED) is 0.118. The van der Waals surface area contributed by atoms with E-state index in [4.69, 9.17) is 4.98 Å². The maximum atomic E-state index is 5.25. The zero-order chi connectivity index (χ0) is 39.7. The molecule has 0 amide bonds. The van der Waals surface area contributed by atoms with Crippen molar-refractivity contribution in [1.82, 2.24) is 33.1 Å². The molecular formula is C51H37IrN8-3. The first kappa shape index (κ1) is 38.3. The number of benzene rings is 6. The maximum absolute atomic E-state index is 5.25. The van der Waals surface area contributed by atoms with Crippen molar-refractivity contribution in [3.8, 4) is 45.1 Å². The summed E-state index contributed by atoms with van der Waals surface area (Å²) in [6.07, 6.45) is 11.8. The van der Waals surface area contributed by atoms with Gasteiger partial charge in [0.1, 0.15) is 0 Å². The van der Waals surface area contributed by atoms with Gasteiger partial charge in [0.05, 0.1) is 34.9 Å². The molecule has 0 aliphatic heterocycles. The zero-order valence-electron chi connectivity index (χ0n) is 32.9. The van der Waals surface area contributed by atoms with E-state index in [2.05, 4.69) is 127 Å². The van der Waals surface area contributed by atoms with E-state index in [9.17, 15) is 0 Å². The molecule has 0 aliphatic carbocycles. The predicted molar refractivity (Wildman–Crippen MR) is 232 cm³/mol. The van der Waals surface area contributed by atoms with Crippen LogP contribution in [0.25, 0.3) is 73.0 Å². The minimum absolute atomic E-state index is 0. The van der Waals surface area contributed by atoms with Gasteiger partial charge in [0.15, 0.2) is 0 Å². The number of aromatic nitrogens is 8. The summed E-state index contributed by atoms with van der Waals surface area (Å²) in [5.74, 6) is 1.83. The Kier molecular flexibility index (Phi) is 10.6. The Morgan fingerprint density at radius 2 is 1.50 bits per heavy atom. The van der Waals surface area contributed by atoms with E-state index in [-0.39, 0.29) is 20.1 Å². The Labute approximate surface area is 361 Å². The van der Waals surface area contributed by atoms with E-state index in [1.807, 2.05) is 114 Å². The summed E-state index contributed by atoms with van der Waals surface area (Å²) in [4.78, 5) is 14.0. The smallest absolute Gasteiger partial charge is 0.241 e. The summed E-state index contributed by atoms with van der Waals surface area (Å²) < 4.78 is 10.6. The van der Waals surface area contributed by atoms with Crippen molar-refractivity contribution in [2.24, 2.45) is 14.1 Å². The van der Waals surface area contributed by atoms with E-state index >= 15 is 0 Å². The van der Waals surface area contributed by atoms with Crippen molar-refractivity contribution in [2.75, 3.05) is 0 Å². The van der Waals surface area contributed by atoms with Crippen LogP contribution >= 0.6 is 0 Å². The van der Waals surface area contributed by atoms with E-state index in [1.54, 1.807) is 6.20 Å². The van der Waals surface area contributed by atoms with Gasteiger partial charge < -0.3 is 18.7 Å². The molecule has 8 nitrogen and oxygen atoms in total. The summed E-state index contributed by atoms with van der Waals surface area (Å²) in [7, 11) is 4.02. The topological polar surface area (TPSA) is 61.8 Å². The third-order valence-electron chi connectivity index (χ3n) is 10.5. The van der Waals surface area contributed by atoms with E-state index in [1.165, 1.54) is 5.56 Å². The number of fused-ring (bicyclic) bond motifs is 5. The fourth-order valence-electron chi connectivity index (χ4n) is 7.69. The Bertz CT molecular complexity index is 3200. The number of hydrogen-bond acceptors (Lipinski definition) is 3. The van der Waals surface area contributed by atoms with Crippen molar-refractivity contribution >= 4 is 27.8 Å². The summed E-state index contributed by atoms with van der Waals surface area (Å²) in [5, 5.41) is 0. The second kappa shape index (κ2) is 16.6. The molecular weight excluding hydrogens is 917 g/mol. The molecule has 6 aromatic carbocycles. The van der Waals surface area contributed by atoms with Crippen molar-refractivity contribution in [1.29, 1.82) is 0 Å². The van der Waals surface area contributed by atoms with Crippen LogP contribution in [0.5, 0.6) is 0 Å². The number of rotatable bonds is 7. The minimum Gasteiger partial charge on any atom is -0.373 e. The molecule has 1 radical (unpaired) electrons. The van der Waals surface area contributed by atoms with Gasteiger partial charge in [-0.1, -0.05) is 59.8 Å². The third kappa shape index (κ3) is 7.26. The van der Waals surface area contributed by atoms with Gasteiger partial charge in [0.25, 0.3) is 0 Å². The minimum atomic E-state index is 0. The molecule has 11 aromatic rings. The fourth-order valence-corrected chi connectivity index (χ4v) is 7.69. The van der Waals surface area contributed by atoms with Crippen LogP contribution in [0.4, 0.5) is 0 Å². The SMILES string of the molecule is C[n+]1[c-]n(-c2[c-]cccc2)cc1Cc1ccc2c(c1)n1c3c(-c4cc[c-]c(-c5ccccn5)c4)cccc3nc1n2-c1ccccc1.Cn1ccnc1-c1[c-]cccc1.[Ir]. The number of para-hydroxylation sites is 3. The van der Waals surface area contributed by atoms with Crippen LogP contribution in [0.3, 0.4) is 0 Å². The fraction of sp³-hybridized carbons (Fsp3) is 0.0588. The van der Waals surface area contributed by atoms with Crippen LogP contribution < -0.4 is 4.57 Å². The van der Waals surface area contributed by atoms with Gasteiger partial charge in [0.2, 0.25) is 12.1 Å². The standard InChI is InChI=1S/C41H28N6.C10H9N2.Ir/c1-44-28-45(32-14-4-2-5-15-32)27-34(44)24-29-21-22-38-39(25-29)47-40-35(30-12-10-13-31(26-30)36-19-8-9-23-42-36)18-11-20-37(40)43-41(47)46(38)33-16-6-3-7-17-33;1-12-8-7-11-10(12)9-5-3-2-4-6-9;/h2-12,14,16-23,25-27H,24H2,1H3;2-5,7-8H,1H3;/q-2;-1;. The van der Waals surface area contributed by atoms with E-state index in [0.29, 0.717) is 0 Å². The molecule has 0 N–H and O–H groups in total. The van der Waals surface area contributed by atoms with E-state index in [0.717, 1.165) is 85.1 Å². The monoisotopic (exact) mass is 954 g/mol. The van der Waals surface area contributed by atoms with Gasteiger partial charge in [-0.2, -0.15) is 30.3 Å². The van der Waals surface area contributed by atoms with E-state index < -0.39 is 0 Å². The first-order valence-electron chi connectivity index (χ1n) is 19.4. The molecule has 0 bridgehead atoms. The van der Waals surface area contributed by atoms with Gasteiger partial charge >= 0.3 is 0 Å². The number of nitrogens with zero attached hydrogens (tertiary/aromatic N) is 8. The number of aryl methyl sites for hydroxylation is 2. The largest absolute Gasteiger partial charge is 0.373 e. The molecule has 5 heterocycles. The Hall–Kier alpha value is -7.19. The molecule has 0 aliphatic rings. The number of imidazole rings is 4. The molecule has 0 saturated heterocycles. The zero-order valence-corrected chi connectivity index (χ0v) is 35.3. The van der Waals surface area contributed by atoms with Crippen LogP contribution in [0.2, 0.25) is 0 Å². The first-order valence-corrected chi connectivity index (χ1v) is 19.4. The molecule has 0 saturated carbocycles. The first-order chi connectivity index (χ1) is 29.1. The maximum Gasteiger partial charge on any atom is 0.241 e. The Balaban J connectivity index is 0.000000306. The molecule has 0 fully saturated rings. The number of pyridine rings is 1. The summed E-state index contributed by atoms with van der Waals surface area (Å²) in [6.45, 7) is 0. The molecule has 0 unspecified atom stereocenters. The van der Waals surface area contributed by atoms with Gasteiger partial charge in [-0.05, 0) is 59.6 Å². The average Bonchev–Trinajstić information content (AvgIpc) is 4.07. The van der Waals surface area contributed by atoms with Gasteiger partial charge in [-0.3, -0.25) is 14.0 Å². The van der Waals surface area contributed by atoms with Crippen LogP contribution in [-0.4, -0.2) is 33.1 Å². The molecule has 293 valence electrons. The average molecular weight is 954 g/mol. The Morgan fingerprint density at radius 1 is 0.683 bits per heavy atom.